The highest BCUT2D eigenvalue weighted by atomic mass is 32.1. The summed E-state index contributed by atoms with van der Waals surface area (Å²) in [7, 11) is 0. The molecule has 4 fully saturated rings. The number of hydrogen-bond donors (Lipinski definition) is 1. The molecular formula is C22H34N2O2S. The SMILES string of the molecule is CCCCn1cc(C(C)(C)C)sc1=NC(=O)C12CC3CC(CC(O)(C3)C1)C2. The van der Waals surface area contributed by atoms with E-state index in [1.165, 1.54) is 11.3 Å². The zero-order valence-corrected chi connectivity index (χ0v) is 18.1. The maximum Gasteiger partial charge on any atom is 0.254 e. The molecule has 0 aliphatic heterocycles. The van der Waals surface area contributed by atoms with E-state index < -0.39 is 11.0 Å². The van der Waals surface area contributed by atoms with E-state index in [1.54, 1.807) is 11.3 Å². The maximum absolute atomic E-state index is 13.4. The first-order valence-corrected chi connectivity index (χ1v) is 11.5. The first kappa shape index (κ1) is 19.4. The van der Waals surface area contributed by atoms with Crippen LogP contribution in [0, 0.1) is 17.3 Å². The molecule has 0 spiro atoms. The smallest absolute Gasteiger partial charge is 0.254 e. The normalized spacial score (nSPS) is 35.8. The van der Waals surface area contributed by atoms with Gasteiger partial charge in [0.25, 0.3) is 5.91 Å². The molecule has 1 amide bonds. The van der Waals surface area contributed by atoms with Crippen molar-refractivity contribution in [2.24, 2.45) is 22.2 Å². The fraction of sp³-hybridized carbons (Fsp3) is 0.818. The molecule has 4 nitrogen and oxygen atoms in total. The van der Waals surface area contributed by atoms with E-state index in [4.69, 9.17) is 4.99 Å². The fourth-order valence-corrected chi connectivity index (χ4v) is 7.05. The largest absolute Gasteiger partial charge is 0.390 e. The molecule has 0 saturated heterocycles. The minimum Gasteiger partial charge on any atom is -0.390 e. The molecule has 2 unspecified atom stereocenters. The Morgan fingerprint density at radius 2 is 1.96 bits per heavy atom. The summed E-state index contributed by atoms with van der Waals surface area (Å²) in [5, 5.41) is 11.0. The zero-order valence-electron chi connectivity index (χ0n) is 17.3. The van der Waals surface area contributed by atoms with Crippen LogP contribution < -0.4 is 4.80 Å². The number of amides is 1. The van der Waals surface area contributed by atoms with Gasteiger partial charge in [0.1, 0.15) is 0 Å². The molecule has 0 radical (unpaired) electrons. The maximum atomic E-state index is 13.4. The Hall–Kier alpha value is -0.940. The second-order valence-electron chi connectivity index (χ2n) is 10.6. The first-order valence-electron chi connectivity index (χ1n) is 10.6. The molecule has 0 aromatic carbocycles. The molecule has 1 heterocycles. The summed E-state index contributed by atoms with van der Waals surface area (Å²) in [5.74, 6) is 1.05. The molecule has 4 saturated carbocycles. The van der Waals surface area contributed by atoms with E-state index >= 15 is 0 Å². The molecular weight excluding hydrogens is 356 g/mol. The standard InChI is InChI=1S/C22H34N2O2S/c1-5-6-7-24-13-17(20(2,3)4)27-19(24)23-18(25)21-9-15-8-16(10-21)12-22(26,11-15)14-21/h13,15-16,26H,5-12,14H2,1-4H3. The third-order valence-corrected chi connectivity index (χ3v) is 8.34. The number of aromatic nitrogens is 1. The Kier molecular flexibility index (Phi) is 4.70. The van der Waals surface area contributed by atoms with E-state index in [0.29, 0.717) is 18.3 Å². The van der Waals surface area contributed by atoms with Crippen molar-refractivity contribution in [2.75, 3.05) is 0 Å². The van der Waals surface area contributed by atoms with Gasteiger partial charge in [-0.2, -0.15) is 4.99 Å². The molecule has 1 aromatic rings. The second-order valence-corrected chi connectivity index (χ2v) is 11.6. The van der Waals surface area contributed by atoms with Crippen LogP contribution in [0.25, 0.3) is 0 Å². The quantitative estimate of drug-likeness (QED) is 0.828. The number of carbonyl (C=O) groups is 1. The van der Waals surface area contributed by atoms with E-state index in [9.17, 15) is 9.90 Å². The third-order valence-electron chi connectivity index (χ3n) is 6.89. The van der Waals surface area contributed by atoms with Crippen LogP contribution in [0.15, 0.2) is 11.2 Å². The monoisotopic (exact) mass is 390 g/mol. The predicted molar refractivity (Wildman–Crippen MR) is 109 cm³/mol. The van der Waals surface area contributed by atoms with Crippen molar-refractivity contribution >= 4 is 17.2 Å². The van der Waals surface area contributed by atoms with Gasteiger partial charge in [-0.15, -0.1) is 11.3 Å². The molecule has 27 heavy (non-hydrogen) atoms. The minimum absolute atomic E-state index is 0.0302. The van der Waals surface area contributed by atoms with Crippen molar-refractivity contribution in [2.45, 2.75) is 96.6 Å². The molecule has 4 aliphatic carbocycles. The van der Waals surface area contributed by atoms with Gasteiger partial charge >= 0.3 is 0 Å². The van der Waals surface area contributed by atoms with Crippen molar-refractivity contribution < 1.29 is 9.90 Å². The molecule has 150 valence electrons. The van der Waals surface area contributed by atoms with Crippen LogP contribution in [0.4, 0.5) is 0 Å². The molecule has 1 aromatic heterocycles. The third kappa shape index (κ3) is 3.57. The van der Waals surface area contributed by atoms with Gasteiger partial charge in [-0.05, 0) is 62.2 Å². The average Bonchev–Trinajstić information content (AvgIpc) is 2.93. The van der Waals surface area contributed by atoms with E-state index in [0.717, 1.165) is 49.9 Å². The minimum atomic E-state index is -0.612. The van der Waals surface area contributed by atoms with Crippen molar-refractivity contribution in [1.29, 1.82) is 0 Å². The van der Waals surface area contributed by atoms with Crippen LogP contribution in [0.1, 0.15) is 83.9 Å². The lowest BCUT2D eigenvalue weighted by molar-refractivity contribution is -0.175. The molecule has 5 heteroatoms. The summed E-state index contributed by atoms with van der Waals surface area (Å²) < 4.78 is 2.18. The van der Waals surface area contributed by atoms with Gasteiger partial charge in [0.2, 0.25) is 0 Å². The topological polar surface area (TPSA) is 54.6 Å². The molecule has 5 rings (SSSR count). The number of rotatable bonds is 4. The number of unbranched alkanes of at least 4 members (excludes halogenated alkanes) is 1. The Labute approximate surface area is 166 Å². The van der Waals surface area contributed by atoms with Gasteiger partial charge < -0.3 is 9.67 Å². The predicted octanol–water partition coefficient (Wildman–Crippen LogP) is 4.41. The fourth-order valence-electron chi connectivity index (χ4n) is 5.97. The number of nitrogens with zero attached hydrogens (tertiary/aromatic N) is 2. The first-order chi connectivity index (χ1) is 12.6. The van der Waals surface area contributed by atoms with Gasteiger partial charge in [0.15, 0.2) is 4.80 Å². The van der Waals surface area contributed by atoms with E-state index in [-0.39, 0.29) is 11.3 Å². The van der Waals surface area contributed by atoms with Gasteiger partial charge in [-0.25, -0.2) is 0 Å². The summed E-state index contributed by atoms with van der Waals surface area (Å²) >= 11 is 1.66. The second kappa shape index (κ2) is 6.55. The number of aliphatic hydroxyl groups is 1. The molecule has 2 atom stereocenters. The lowest BCUT2D eigenvalue weighted by Crippen LogP contribution is -2.58. The Morgan fingerprint density at radius 1 is 1.30 bits per heavy atom. The van der Waals surface area contributed by atoms with Crippen LogP contribution >= 0.6 is 11.3 Å². The van der Waals surface area contributed by atoms with Gasteiger partial charge in [0.05, 0.1) is 11.0 Å². The van der Waals surface area contributed by atoms with Gasteiger partial charge in [-0.3, -0.25) is 4.79 Å². The Bertz CT molecular complexity index is 784. The highest BCUT2D eigenvalue weighted by Gasteiger charge is 2.60. The van der Waals surface area contributed by atoms with Crippen molar-refractivity contribution in [3.8, 4) is 0 Å². The summed E-state index contributed by atoms with van der Waals surface area (Å²) in [4.78, 5) is 20.2. The summed E-state index contributed by atoms with van der Waals surface area (Å²) in [6.45, 7) is 9.74. The number of aryl methyl sites for hydroxylation is 1. The van der Waals surface area contributed by atoms with Crippen molar-refractivity contribution in [3.63, 3.8) is 0 Å². The van der Waals surface area contributed by atoms with Crippen molar-refractivity contribution in [1.82, 2.24) is 4.57 Å². The van der Waals surface area contributed by atoms with Gasteiger partial charge in [0, 0.05) is 17.6 Å². The lowest BCUT2D eigenvalue weighted by Gasteiger charge is -2.58. The average molecular weight is 391 g/mol. The Morgan fingerprint density at radius 3 is 2.52 bits per heavy atom. The Balaban J connectivity index is 1.69. The number of thiazole rings is 1. The van der Waals surface area contributed by atoms with Crippen LogP contribution in [-0.2, 0) is 16.8 Å². The summed E-state index contributed by atoms with van der Waals surface area (Å²) in [6, 6.07) is 0. The van der Waals surface area contributed by atoms with Crippen LogP contribution in [0.3, 0.4) is 0 Å². The lowest BCUT2D eigenvalue weighted by atomic mass is 9.47. The van der Waals surface area contributed by atoms with Crippen LogP contribution in [0.2, 0.25) is 0 Å². The summed E-state index contributed by atoms with van der Waals surface area (Å²) in [5.41, 5.74) is -0.960. The molecule has 1 N–H and O–H groups in total. The van der Waals surface area contributed by atoms with Crippen LogP contribution in [0.5, 0.6) is 0 Å². The number of carbonyl (C=O) groups excluding carboxylic acids is 1. The highest BCUT2D eigenvalue weighted by Crippen LogP contribution is 2.61. The molecule has 4 aliphatic rings. The zero-order chi connectivity index (χ0) is 19.4. The van der Waals surface area contributed by atoms with Gasteiger partial charge in [-0.1, -0.05) is 34.1 Å². The van der Waals surface area contributed by atoms with Crippen molar-refractivity contribution in [3.05, 3.63) is 15.9 Å². The van der Waals surface area contributed by atoms with E-state index in [2.05, 4.69) is 38.5 Å². The number of hydrogen-bond acceptors (Lipinski definition) is 3. The highest BCUT2D eigenvalue weighted by molar-refractivity contribution is 7.09. The van der Waals surface area contributed by atoms with E-state index in [1.807, 2.05) is 0 Å². The molecule has 4 bridgehead atoms. The summed E-state index contributed by atoms with van der Waals surface area (Å²) in [6.07, 6.45) is 9.88. The van der Waals surface area contributed by atoms with Crippen LogP contribution in [-0.4, -0.2) is 21.2 Å².